The van der Waals surface area contributed by atoms with Crippen LogP contribution >= 0.6 is 0 Å². The van der Waals surface area contributed by atoms with Crippen LogP contribution in [0, 0.1) is 11.2 Å². The second-order valence-corrected chi connectivity index (χ2v) is 6.62. The summed E-state index contributed by atoms with van der Waals surface area (Å²) in [7, 11) is 1.48. The zero-order valence-electron chi connectivity index (χ0n) is 14.1. The van der Waals surface area contributed by atoms with E-state index in [4.69, 9.17) is 4.74 Å². The average molecular weight is 295 g/mol. The Morgan fingerprint density at radius 3 is 2.57 bits per heavy atom. The topological polar surface area (TPSA) is 21.3 Å². The van der Waals surface area contributed by atoms with Crippen molar-refractivity contribution in [3.05, 3.63) is 29.6 Å². The molecule has 1 aromatic carbocycles. The zero-order valence-corrected chi connectivity index (χ0v) is 14.1. The van der Waals surface area contributed by atoms with Gasteiger partial charge < -0.3 is 10.1 Å². The summed E-state index contributed by atoms with van der Waals surface area (Å²) in [5.74, 6) is -0.00305. The van der Waals surface area contributed by atoms with Crippen LogP contribution in [0.3, 0.4) is 0 Å². The molecule has 0 aromatic heterocycles. The van der Waals surface area contributed by atoms with Crippen molar-refractivity contribution in [1.29, 1.82) is 0 Å². The highest BCUT2D eigenvalue weighted by Crippen LogP contribution is 2.25. The minimum atomic E-state index is -0.300. The molecule has 1 rings (SSSR count). The molecule has 21 heavy (non-hydrogen) atoms. The third kappa shape index (κ3) is 6.04. The predicted molar refractivity (Wildman–Crippen MR) is 87.3 cm³/mol. The third-order valence-corrected chi connectivity index (χ3v) is 4.02. The number of unbranched alkanes of at least 4 members (excludes halogenated alkanes) is 2. The Hall–Kier alpha value is -1.09. The molecular weight excluding hydrogens is 265 g/mol. The van der Waals surface area contributed by atoms with Crippen LogP contribution in [-0.4, -0.2) is 13.7 Å². The fourth-order valence-electron chi connectivity index (χ4n) is 2.44. The number of halogens is 1. The normalized spacial score (nSPS) is 13.2. The van der Waals surface area contributed by atoms with E-state index in [0.29, 0.717) is 5.75 Å². The molecule has 1 aromatic rings. The lowest BCUT2D eigenvalue weighted by molar-refractivity contribution is 0.290. The molecule has 0 bridgehead atoms. The van der Waals surface area contributed by atoms with E-state index in [1.807, 2.05) is 6.07 Å². The summed E-state index contributed by atoms with van der Waals surface area (Å²) in [4.78, 5) is 0. The van der Waals surface area contributed by atoms with Gasteiger partial charge in [-0.05, 0) is 36.5 Å². The zero-order chi connectivity index (χ0) is 15.9. The van der Waals surface area contributed by atoms with Crippen LogP contribution in [-0.2, 0) is 0 Å². The Labute approximate surface area is 129 Å². The number of nitrogens with one attached hydrogen (secondary N) is 1. The Morgan fingerprint density at radius 2 is 2.00 bits per heavy atom. The summed E-state index contributed by atoms with van der Waals surface area (Å²) in [6.45, 7) is 9.81. The van der Waals surface area contributed by atoms with E-state index in [1.165, 1.54) is 32.8 Å². The number of rotatable bonds is 9. The van der Waals surface area contributed by atoms with Gasteiger partial charge in [0.25, 0.3) is 0 Å². The SMILES string of the molecule is CCCCCC(C)(C)CNC(C)c1ccc(OC)c(F)c1. The molecule has 120 valence electrons. The van der Waals surface area contributed by atoms with Gasteiger partial charge in [-0.25, -0.2) is 4.39 Å². The van der Waals surface area contributed by atoms with Crippen molar-refractivity contribution in [2.24, 2.45) is 5.41 Å². The minimum Gasteiger partial charge on any atom is -0.494 e. The second-order valence-electron chi connectivity index (χ2n) is 6.62. The van der Waals surface area contributed by atoms with Gasteiger partial charge in [-0.3, -0.25) is 0 Å². The highest BCUT2D eigenvalue weighted by molar-refractivity contribution is 5.30. The summed E-state index contributed by atoms with van der Waals surface area (Å²) in [5.41, 5.74) is 1.23. The van der Waals surface area contributed by atoms with Crippen LogP contribution in [0.2, 0.25) is 0 Å². The average Bonchev–Trinajstić information content (AvgIpc) is 2.45. The summed E-state index contributed by atoms with van der Waals surface area (Å²) >= 11 is 0. The fourth-order valence-corrected chi connectivity index (χ4v) is 2.44. The molecule has 0 spiro atoms. The molecule has 1 N–H and O–H groups in total. The van der Waals surface area contributed by atoms with Crippen LogP contribution in [0.5, 0.6) is 5.75 Å². The van der Waals surface area contributed by atoms with Crippen molar-refractivity contribution in [3.8, 4) is 5.75 Å². The Morgan fingerprint density at radius 1 is 1.29 bits per heavy atom. The summed E-state index contributed by atoms with van der Waals surface area (Å²) in [6.07, 6.45) is 5.04. The molecule has 0 radical (unpaired) electrons. The summed E-state index contributed by atoms with van der Waals surface area (Å²) in [5, 5.41) is 3.52. The van der Waals surface area contributed by atoms with Gasteiger partial charge in [0.1, 0.15) is 0 Å². The van der Waals surface area contributed by atoms with Crippen molar-refractivity contribution >= 4 is 0 Å². The lowest BCUT2D eigenvalue weighted by atomic mass is 9.86. The van der Waals surface area contributed by atoms with E-state index in [0.717, 1.165) is 12.1 Å². The van der Waals surface area contributed by atoms with Crippen molar-refractivity contribution in [1.82, 2.24) is 5.32 Å². The Balaban J connectivity index is 2.52. The minimum absolute atomic E-state index is 0.135. The monoisotopic (exact) mass is 295 g/mol. The van der Waals surface area contributed by atoms with E-state index in [2.05, 4.69) is 33.0 Å². The maximum atomic E-state index is 13.7. The molecule has 2 nitrogen and oxygen atoms in total. The van der Waals surface area contributed by atoms with Crippen molar-refractivity contribution in [2.45, 2.75) is 59.4 Å². The van der Waals surface area contributed by atoms with Crippen molar-refractivity contribution in [3.63, 3.8) is 0 Å². The van der Waals surface area contributed by atoms with Gasteiger partial charge >= 0.3 is 0 Å². The number of benzene rings is 1. The molecule has 0 heterocycles. The first-order valence-electron chi connectivity index (χ1n) is 7.96. The molecule has 0 aliphatic rings. The maximum Gasteiger partial charge on any atom is 0.165 e. The predicted octanol–water partition coefficient (Wildman–Crippen LogP) is 5.09. The molecule has 0 amide bonds. The van der Waals surface area contributed by atoms with E-state index in [-0.39, 0.29) is 17.3 Å². The quantitative estimate of drug-likeness (QED) is 0.641. The molecule has 0 saturated heterocycles. The summed E-state index contributed by atoms with van der Waals surface area (Å²) in [6, 6.07) is 5.30. The van der Waals surface area contributed by atoms with E-state index >= 15 is 0 Å². The molecule has 1 unspecified atom stereocenters. The lowest BCUT2D eigenvalue weighted by Gasteiger charge is -2.27. The van der Waals surface area contributed by atoms with Crippen LogP contribution < -0.4 is 10.1 Å². The maximum absolute atomic E-state index is 13.7. The first kappa shape index (κ1) is 18.0. The molecule has 0 fully saturated rings. The second kappa shape index (κ2) is 8.38. The fraction of sp³-hybridized carbons (Fsp3) is 0.667. The van der Waals surface area contributed by atoms with Crippen LogP contribution in [0.15, 0.2) is 18.2 Å². The summed E-state index contributed by atoms with van der Waals surface area (Å²) < 4.78 is 18.7. The number of methoxy groups -OCH3 is 1. The molecule has 0 saturated carbocycles. The molecular formula is C18H30FNO. The van der Waals surface area contributed by atoms with Crippen molar-refractivity contribution in [2.75, 3.05) is 13.7 Å². The van der Waals surface area contributed by atoms with Crippen LogP contribution in [0.1, 0.15) is 65.0 Å². The Kier molecular flexibility index (Phi) is 7.16. The van der Waals surface area contributed by atoms with Crippen molar-refractivity contribution < 1.29 is 9.13 Å². The van der Waals surface area contributed by atoms with Gasteiger partial charge in [0.2, 0.25) is 0 Å². The molecule has 1 atom stereocenters. The number of hydrogen-bond acceptors (Lipinski definition) is 2. The smallest absolute Gasteiger partial charge is 0.165 e. The van der Waals surface area contributed by atoms with Gasteiger partial charge in [0, 0.05) is 12.6 Å². The molecule has 0 aliphatic carbocycles. The standard InChI is InChI=1S/C18H30FNO/c1-6-7-8-11-18(3,4)13-20-14(2)15-9-10-17(21-5)16(19)12-15/h9-10,12,14,20H,6-8,11,13H2,1-5H3. The lowest BCUT2D eigenvalue weighted by Crippen LogP contribution is -2.31. The molecule has 3 heteroatoms. The van der Waals surface area contributed by atoms with E-state index in [9.17, 15) is 4.39 Å². The first-order valence-corrected chi connectivity index (χ1v) is 7.96. The molecule has 0 aliphatic heterocycles. The van der Waals surface area contributed by atoms with E-state index in [1.54, 1.807) is 12.1 Å². The first-order chi connectivity index (χ1) is 9.89. The number of hydrogen-bond donors (Lipinski definition) is 1. The van der Waals surface area contributed by atoms with Crippen LogP contribution in [0.4, 0.5) is 4.39 Å². The van der Waals surface area contributed by atoms with Gasteiger partial charge in [-0.2, -0.15) is 0 Å². The van der Waals surface area contributed by atoms with Gasteiger partial charge in [-0.1, -0.05) is 46.1 Å². The third-order valence-electron chi connectivity index (χ3n) is 4.02. The highest BCUT2D eigenvalue weighted by Gasteiger charge is 2.19. The van der Waals surface area contributed by atoms with Gasteiger partial charge in [0.15, 0.2) is 11.6 Å². The van der Waals surface area contributed by atoms with E-state index < -0.39 is 0 Å². The largest absolute Gasteiger partial charge is 0.494 e. The van der Waals surface area contributed by atoms with Gasteiger partial charge in [0.05, 0.1) is 7.11 Å². The number of ether oxygens (including phenoxy) is 1. The Bertz CT molecular complexity index is 431. The highest BCUT2D eigenvalue weighted by atomic mass is 19.1. The van der Waals surface area contributed by atoms with Crippen LogP contribution in [0.25, 0.3) is 0 Å². The van der Waals surface area contributed by atoms with Gasteiger partial charge in [-0.15, -0.1) is 0 Å².